The second-order valence-corrected chi connectivity index (χ2v) is 6.02. The molecule has 0 unspecified atom stereocenters. The highest BCUT2D eigenvalue weighted by Gasteiger charge is 2.10. The molecule has 0 atom stereocenters. The van der Waals surface area contributed by atoms with Crippen LogP contribution in [-0.2, 0) is 0 Å². The van der Waals surface area contributed by atoms with Gasteiger partial charge >= 0.3 is 0 Å². The molecule has 0 saturated heterocycles. The van der Waals surface area contributed by atoms with Gasteiger partial charge in [-0.2, -0.15) is 14.9 Å². The van der Waals surface area contributed by atoms with Crippen LogP contribution in [0.3, 0.4) is 0 Å². The molecule has 8 heteroatoms. The number of hydrogen-bond acceptors (Lipinski definition) is 6. The van der Waals surface area contributed by atoms with Gasteiger partial charge in [-0.15, -0.1) is 0 Å². The van der Waals surface area contributed by atoms with Crippen LogP contribution < -0.4 is 20.5 Å². The predicted octanol–water partition coefficient (Wildman–Crippen LogP) is 3.74. The molecule has 144 valence electrons. The summed E-state index contributed by atoms with van der Waals surface area (Å²) in [5.74, 6) is 1.27. The molecule has 1 N–H and O–H groups in total. The molecule has 28 heavy (non-hydrogen) atoms. The summed E-state index contributed by atoms with van der Waals surface area (Å²) in [6.07, 6.45) is 3.03. The zero-order valence-corrected chi connectivity index (χ0v) is 16.2. The van der Waals surface area contributed by atoms with Crippen LogP contribution in [0.1, 0.15) is 12.5 Å². The Morgan fingerprint density at radius 1 is 1.21 bits per heavy atom. The van der Waals surface area contributed by atoms with Crippen LogP contribution in [0.25, 0.3) is 5.69 Å². The van der Waals surface area contributed by atoms with Gasteiger partial charge in [0.05, 0.1) is 31.8 Å². The van der Waals surface area contributed by atoms with Crippen LogP contribution in [0.4, 0.5) is 5.69 Å². The smallest absolute Gasteiger partial charge is 0.292 e. The fourth-order valence-corrected chi connectivity index (χ4v) is 2.65. The van der Waals surface area contributed by atoms with E-state index in [2.05, 4.69) is 15.6 Å². The minimum Gasteiger partial charge on any atom is -0.493 e. The third kappa shape index (κ3) is 4.32. The summed E-state index contributed by atoms with van der Waals surface area (Å²) in [6.45, 7) is 2.45. The zero-order valence-electron chi connectivity index (χ0n) is 15.4. The minimum absolute atomic E-state index is 0.000257. The number of hydrazone groups is 1. The molecule has 2 aromatic carbocycles. The van der Waals surface area contributed by atoms with Gasteiger partial charge in [0, 0.05) is 0 Å². The molecule has 1 heterocycles. The van der Waals surface area contributed by atoms with Crippen LogP contribution in [0.5, 0.6) is 11.5 Å². The Labute approximate surface area is 167 Å². The maximum atomic E-state index is 12.5. The second-order valence-electron chi connectivity index (χ2n) is 5.64. The lowest BCUT2D eigenvalue weighted by molar-refractivity contribution is 0.311. The van der Waals surface area contributed by atoms with E-state index in [1.54, 1.807) is 37.6 Å². The van der Waals surface area contributed by atoms with E-state index in [0.29, 0.717) is 29.5 Å². The van der Waals surface area contributed by atoms with Gasteiger partial charge in [0.2, 0.25) is 0 Å². The van der Waals surface area contributed by atoms with Gasteiger partial charge in [-0.05, 0) is 42.8 Å². The van der Waals surface area contributed by atoms with Gasteiger partial charge in [-0.25, -0.2) is 0 Å². The molecular weight excluding hydrogens is 380 g/mol. The number of aromatic nitrogens is 2. The number of benzene rings is 2. The van der Waals surface area contributed by atoms with Crippen molar-refractivity contribution < 1.29 is 9.47 Å². The number of para-hydroxylation sites is 1. The molecule has 3 aromatic rings. The van der Waals surface area contributed by atoms with E-state index in [1.807, 2.05) is 31.2 Å². The first-order valence-electron chi connectivity index (χ1n) is 8.57. The van der Waals surface area contributed by atoms with E-state index in [4.69, 9.17) is 21.1 Å². The first-order valence-corrected chi connectivity index (χ1v) is 8.95. The van der Waals surface area contributed by atoms with E-state index >= 15 is 0 Å². The van der Waals surface area contributed by atoms with Crippen molar-refractivity contribution in [2.45, 2.75) is 6.92 Å². The summed E-state index contributed by atoms with van der Waals surface area (Å²) in [6, 6.07) is 14.5. The molecule has 0 aliphatic carbocycles. The maximum Gasteiger partial charge on any atom is 0.292 e. The van der Waals surface area contributed by atoms with Crippen molar-refractivity contribution in [2.24, 2.45) is 5.10 Å². The Hall–Kier alpha value is -3.32. The molecule has 0 fully saturated rings. The van der Waals surface area contributed by atoms with Crippen molar-refractivity contribution >= 4 is 23.5 Å². The highest BCUT2D eigenvalue weighted by molar-refractivity contribution is 6.32. The first-order chi connectivity index (χ1) is 13.6. The molecule has 0 amide bonds. The number of anilines is 1. The molecular formula is C20H19ClN4O3. The lowest BCUT2D eigenvalue weighted by Gasteiger charge is -2.09. The van der Waals surface area contributed by atoms with E-state index in [-0.39, 0.29) is 5.02 Å². The summed E-state index contributed by atoms with van der Waals surface area (Å²) in [4.78, 5) is 12.5. The lowest BCUT2D eigenvalue weighted by Crippen LogP contribution is -2.22. The van der Waals surface area contributed by atoms with Crippen LogP contribution in [0.2, 0.25) is 5.02 Å². The highest BCUT2D eigenvalue weighted by atomic mass is 35.5. The summed E-state index contributed by atoms with van der Waals surface area (Å²) in [7, 11) is 1.57. The summed E-state index contributed by atoms with van der Waals surface area (Å²) in [5.41, 5.74) is 4.04. The average Bonchev–Trinajstić information content (AvgIpc) is 2.73. The molecule has 0 spiro atoms. The fraction of sp³-hybridized carbons (Fsp3) is 0.150. The maximum absolute atomic E-state index is 12.5. The molecule has 0 bridgehead atoms. The molecule has 3 rings (SSSR count). The van der Waals surface area contributed by atoms with Crippen molar-refractivity contribution in [2.75, 3.05) is 19.1 Å². The number of nitrogens with zero attached hydrogens (tertiary/aromatic N) is 3. The summed E-state index contributed by atoms with van der Waals surface area (Å²) < 4.78 is 12.0. The van der Waals surface area contributed by atoms with Gasteiger partial charge in [-0.1, -0.05) is 29.8 Å². The number of rotatable bonds is 7. The lowest BCUT2D eigenvalue weighted by atomic mass is 10.2. The second kappa shape index (κ2) is 9.05. The monoisotopic (exact) mass is 398 g/mol. The average molecular weight is 399 g/mol. The van der Waals surface area contributed by atoms with Crippen LogP contribution in [0, 0.1) is 0 Å². The van der Waals surface area contributed by atoms with Gasteiger partial charge in [0.15, 0.2) is 11.5 Å². The molecule has 0 aliphatic heterocycles. The summed E-state index contributed by atoms with van der Waals surface area (Å²) >= 11 is 6.19. The van der Waals surface area contributed by atoms with Crippen molar-refractivity contribution in [1.29, 1.82) is 0 Å². The number of hydrogen-bond donors (Lipinski definition) is 1. The highest BCUT2D eigenvalue weighted by Crippen LogP contribution is 2.27. The molecule has 1 aromatic heterocycles. The normalized spacial score (nSPS) is 10.8. The largest absolute Gasteiger partial charge is 0.493 e. The minimum atomic E-state index is -0.434. The number of methoxy groups -OCH3 is 1. The third-order valence-corrected chi connectivity index (χ3v) is 4.17. The standard InChI is InChI=1S/C20H19ClN4O3/c1-3-28-17-10-9-14(11-18(17)27-2)12-22-24-16-13-23-25(20(26)19(16)21)15-7-5-4-6-8-15/h4-13,24H,3H2,1-2H3/b22-12-. The van der Waals surface area contributed by atoms with E-state index in [1.165, 1.54) is 10.9 Å². The molecule has 0 saturated carbocycles. The number of nitrogens with one attached hydrogen (secondary N) is 1. The molecule has 0 aliphatic rings. The quantitative estimate of drug-likeness (QED) is 0.484. The Kier molecular flexibility index (Phi) is 6.29. The molecule has 0 radical (unpaired) electrons. The Morgan fingerprint density at radius 3 is 2.71 bits per heavy atom. The Balaban J connectivity index is 1.78. The van der Waals surface area contributed by atoms with E-state index < -0.39 is 5.56 Å². The fourth-order valence-electron chi connectivity index (χ4n) is 2.48. The first kappa shape index (κ1) is 19.4. The van der Waals surface area contributed by atoms with Gasteiger partial charge in [0.1, 0.15) is 10.7 Å². The zero-order chi connectivity index (χ0) is 19.9. The van der Waals surface area contributed by atoms with Crippen LogP contribution in [-0.4, -0.2) is 29.7 Å². The van der Waals surface area contributed by atoms with Crippen LogP contribution >= 0.6 is 11.6 Å². The Bertz CT molecular complexity index is 1040. The van der Waals surface area contributed by atoms with Crippen molar-refractivity contribution in [3.05, 3.63) is 75.7 Å². The predicted molar refractivity (Wildman–Crippen MR) is 110 cm³/mol. The number of ether oxygens (including phenoxy) is 2. The topological polar surface area (TPSA) is 77.7 Å². The van der Waals surface area contributed by atoms with E-state index in [0.717, 1.165) is 5.56 Å². The molecule has 7 nitrogen and oxygen atoms in total. The van der Waals surface area contributed by atoms with Crippen LogP contribution in [0.15, 0.2) is 64.6 Å². The SMILES string of the molecule is CCOc1ccc(/C=N\Nc2cnn(-c3ccccc3)c(=O)c2Cl)cc1OC. The third-order valence-electron chi connectivity index (χ3n) is 3.81. The van der Waals surface area contributed by atoms with Gasteiger partial charge < -0.3 is 9.47 Å². The Morgan fingerprint density at radius 2 is 2.00 bits per heavy atom. The van der Waals surface area contributed by atoms with Gasteiger partial charge in [-0.3, -0.25) is 10.2 Å². The van der Waals surface area contributed by atoms with E-state index in [9.17, 15) is 4.79 Å². The van der Waals surface area contributed by atoms with Crippen molar-refractivity contribution in [3.63, 3.8) is 0 Å². The summed E-state index contributed by atoms with van der Waals surface area (Å²) in [5, 5.41) is 8.26. The number of halogens is 1. The van der Waals surface area contributed by atoms with Gasteiger partial charge in [0.25, 0.3) is 5.56 Å². The van der Waals surface area contributed by atoms with Crippen molar-refractivity contribution in [3.8, 4) is 17.2 Å². The van der Waals surface area contributed by atoms with Crippen molar-refractivity contribution in [1.82, 2.24) is 9.78 Å².